The normalized spacial score (nSPS) is 14.6. The van der Waals surface area contributed by atoms with Gasteiger partial charge in [0.15, 0.2) is 0 Å². The molecule has 2 aromatic carbocycles. The molecule has 132 valence electrons. The number of amides is 2. The summed E-state index contributed by atoms with van der Waals surface area (Å²) in [6.07, 6.45) is 0.797. The van der Waals surface area contributed by atoms with Gasteiger partial charge in [0.05, 0.1) is 13.2 Å². The number of methoxy groups -OCH3 is 1. The zero-order chi connectivity index (χ0) is 18.0. The maximum Gasteiger partial charge on any atom is 0.318 e. The van der Waals surface area contributed by atoms with Crippen LogP contribution in [0.3, 0.4) is 0 Å². The highest BCUT2D eigenvalue weighted by atomic mass is 16.5. The molecule has 0 aromatic heterocycles. The second-order valence-corrected chi connectivity index (χ2v) is 6.54. The third-order valence-electron chi connectivity index (χ3n) is 4.68. The first-order chi connectivity index (χ1) is 12.0. The number of aromatic hydroxyl groups is 1. The summed E-state index contributed by atoms with van der Waals surface area (Å²) in [6, 6.07) is 11.0. The van der Waals surface area contributed by atoms with Gasteiger partial charge < -0.3 is 20.1 Å². The Hall–Kier alpha value is -2.69. The summed E-state index contributed by atoms with van der Waals surface area (Å²) < 4.78 is 5.42. The first-order valence-electron chi connectivity index (χ1n) is 8.48. The number of fused-ring (bicyclic) bond motifs is 1. The van der Waals surface area contributed by atoms with E-state index in [9.17, 15) is 9.90 Å². The number of nitrogens with zero attached hydrogens (tertiary/aromatic N) is 1. The monoisotopic (exact) mass is 340 g/mol. The molecule has 0 radical (unpaired) electrons. The van der Waals surface area contributed by atoms with Crippen LogP contribution in [0.4, 0.5) is 4.79 Å². The van der Waals surface area contributed by atoms with Crippen molar-refractivity contribution in [3.05, 3.63) is 58.7 Å². The maximum absolute atomic E-state index is 12.7. The second kappa shape index (κ2) is 7.05. The summed E-state index contributed by atoms with van der Waals surface area (Å²) in [5.41, 5.74) is 4.28. The van der Waals surface area contributed by atoms with Gasteiger partial charge in [-0.25, -0.2) is 4.79 Å². The lowest BCUT2D eigenvalue weighted by molar-refractivity contribution is 0.189. The van der Waals surface area contributed by atoms with E-state index in [-0.39, 0.29) is 17.8 Å². The fourth-order valence-corrected chi connectivity index (χ4v) is 3.26. The van der Waals surface area contributed by atoms with E-state index in [1.165, 1.54) is 5.56 Å². The van der Waals surface area contributed by atoms with Gasteiger partial charge in [-0.05, 0) is 49.6 Å². The molecule has 1 atom stereocenters. The van der Waals surface area contributed by atoms with E-state index < -0.39 is 0 Å². The Balaban J connectivity index is 1.71. The molecule has 0 saturated heterocycles. The highest BCUT2D eigenvalue weighted by Gasteiger charge is 2.23. The number of hydrogen-bond acceptors (Lipinski definition) is 3. The molecule has 1 unspecified atom stereocenters. The number of phenolic OH excluding ortho intramolecular Hbond substituents is 1. The van der Waals surface area contributed by atoms with Gasteiger partial charge in [-0.1, -0.05) is 23.8 Å². The zero-order valence-corrected chi connectivity index (χ0v) is 14.9. The number of rotatable bonds is 3. The summed E-state index contributed by atoms with van der Waals surface area (Å²) in [4.78, 5) is 14.5. The Kier molecular flexibility index (Phi) is 4.83. The van der Waals surface area contributed by atoms with E-state index in [1.807, 2.05) is 38.1 Å². The molecular weight excluding hydrogens is 316 g/mol. The first kappa shape index (κ1) is 17.1. The minimum Gasteiger partial charge on any atom is -0.508 e. The Morgan fingerprint density at radius 2 is 2.04 bits per heavy atom. The van der Waals surface area contributed by atoms with E-state index in [4.69, 9.17) is 4.74 Å². The van der Waals surface area contributed by atoms with Gasteiger partial charge in [-0.15, -0.1) is 0 Å². The molecule has 2 amide bonds. The molecule has 0 saturated carbocycles. The molecule has 1 heterocycles. The van der Waals surface area contributed by atoms with Crippen LogP contribution in [0, 0.1) is 6.92 Å². The fourth-order valence-electron chi connectivity index (χ4n) is 3.26. The molecule has 0 spiro atoms. The van der Waals surface area contributed by atoms with Gasteiger partial charge in [0.1, 0.15) is 11.5 Å². The standard InChI is InChI=1S/C20H24N2O3/c1-13-4-7-19(25-3)18(10-13)14(2)21-20(24)22-9-8-15-5-6-17(23)11-16(15)12-22/h4-7,10-11,14,23H,8-9,12H2,1-3H3,(H,21,24). The van der Waals surface area contributed by atoms with Crippen LogP contribution in [0.25, 0.3) is 0 Å². The van der Waals surface area contributed by atoms with Crippen LogP contribution in [-0.4, -0.2) is 29.7 Å². The van der Waals surface area contributed by atoms with Crippen LogP contribution >= 0.6 is 0 Å². The Morgan fingerprint density at radius 1 is 1.24 bits per heavy atom. The highest BCUT2D eigenvalue weighted by Crippen LogP contribution is 2.27. The molecule has 5 heteroatoms. The number of aryl methyl sites for hydroxylation is 1. The molecule has 3 rings (SSSR count). The van der Waals surface area contributed by atoms with Crippen LogP contribution in [0.5, 0.6) is 11.5 Å². The third-order valence-corrected chi connectivity index (χ3v) is 4.68. The number of urea groups is 1. The van der Waals surface area contributed by atoms with Crippen molar-refractivity contribution in [2.24, 2.45) is 0 Å². The maximum atomic E-state index is 12.7. The molecule has 5 nitrogen and oxygen atoms in total. The van der Waals surface area contributed by atoms with Gasteiger partial charge in [-0.3, -0.25) is 0 Å². The first-order valence-corrected chi connectivity index (χ1v) is 8.48. The second-order valence-electron chi connectivity index (χ2n) is 6.54. The average Bonchev–Trinajstić information content (AvgIpc) is 2.60. The molecule has 0 bridgehead atoms. The molecule has 0 fully saturated rings. The highest BCUT2D eigenvalue weighted by molar-refractivity contribution is 5.75. The Morgan fingerprint density at radius 3 is 2.80 bits per heavy atom. The summed E-state index contributed by atoms with van der Waals surface area (Å²) in [7, 11) is 1.64. The van der Waals surface area contributed by atoms with Crippen LogP contribution in [0.1, 0.15) is 35.2 Å². The van der Waals surface area contributed by atoms with Crippen molar-refractivity contribution in [1.29, 1.82) is 0 Å². The van der Waals surface area contributed by atoms with Crippen LogP contribution in [0.2, 0.25) is 0 Å². The van der Waals surface area contributed by atoms with Crippen molar-refractivity contribution < 1.29 is 14.6 Å². The predicted octanol–water partition coefficient (Wildman–Crippen LogP) is 3.54. The number of hydrogen-bond donors (Lipinski definition) is 2. The van der Waals surface area contributed by atoms with Crippen molar-refractivity contribution in [1.82, 2.24) is 10.2 Å². The molecule has 0 aliphatic carbocycles. The van der Waals surface area contributed by atoms with Crippen molar-refractivity contribution in [2.75, 3.05) is 13.7 Å². The number of carbonyl (C=O) groups is 1. The van der Waals surface area contributed by atoms with E-state index >= 15 is 0 Å². The summed E-state index contributed by atoms with van der Waals surface area (Å²) in [5.74, 6) is 1.01. The lowest BCUT2D eigenvalue weighted by atomic mass is 9.99. The van der Waals surface area contributed by atoms with E-state index in [2.05, 4.69) is 5.32 Å². The van der Waals surface area contributed by atoms with Gasteiger partial charge >= 0.3 is 6.03 Å². The Bertz CT molecular complexity index is 789. The lowest BCUT2D eigenvalue weighted by Crippen LogP contribution is -2.43. The van der Waals surface area contributed by atoms with Crippen LogP contribution < -0.4 is 10.1 Å². The van der Waals surface area contributed by atoms with Crippen molar-refractivity contribution >= 4 is 6.03 Å². The van der Waals surface area contributed by atoms with Gasteiger partial charge in [-0.2, -0.15) is 0 Å². The summed E-state index contributed by atoms with van der Waals surface area (Å²) in [6.45, 7) is 5.15. The van der Waals surface area contributed by atoms with Crippen molar-refractivity contribution in [3.8, 4) is 11.5 Å². The van der Waals surface area contributed by atoms with Gasteiger partial charge in [0, 0.05) is 18.7 Å². The quantitative estimate of drug-likeness (QED) is 0.898. The van der Waals surface area contributed by atoms with Crippen LogP contribution in [-0.2, 0) is 13.0 Å². The smallest absolute Gasteiger partial charge is 0.318 e. The summed E-state index contributed by atoms with van der Waals surface area (Å²) >= 11 is 0. The molecule has 2 N–H and O–H groups in total. The van der Waals surface area contributed by atoms with Crippen LogP contribution in [0.15, 0.2) is 36.4 Å². The number of phenols is 1. The van der Waals surface area contributed by atoms with Crippen molar-refractivity contribution in [3.63, 3.8) is 0 Å². The minimum absolute atomic E-state index is 0.106. The fraction of sp³-hybridized carbons (Fsp3) is 0.350. The number of ether oxygens (including phenoxy) is 1. The zero-order valence-electron chi connectivity index (χ0n) is 14.9. The van der Waals surface area contributed by atoms with Gasteiger partial charge in [0.25, 0.3) is 0 Å². The topological polar surface area (TPSA) is 61.8 Å². The number of nitrogens with one attached hydrogen (secondary N) is 1. The molecular formula is C20H24N2O3. The largest absolute Gasteiger partial charge is 0.508 e. The molecule has 25 heavy (non-hydrogen) atoms. The molecule has 1 aliphatic rings. The minimum atomic E-state index is -0.159. The summed E-state index contributed by atoms with van der Waals surface area (Å²) in [5, 5.41) is 12.7. The van der Waals surface area contributed by atoms with Crippen molar-refractivity contribution in [2.45, 2.75) is 32.9 Å². The van der Waals surface area contributed by atoms with E-state index in [0.717, 1.165) is 28.9 Å². The Labute approximate surface area is 148 Å². The number of benzene rings is 2. The predicted molar refractivity (Wildman–Crippen MR) is 96.9 cm³/mol. The average molecular weight is 340 g/mol. The van der Waals surface area contributed by atoms with E-state index in [0.29, 0.717) is 13.1 Å². The van der Waals surface area contributed by atoms with E-state index in [1.54, 1.807) is 24.1 Å². The van der Waals surface area contributed by atoms with Gasteiger partial charge in [0.2, 0.25) is 0 Å². The molecule has 1 aliphatic heterocycles. The lowest BCUT2D eigenvalue weighted by Gasteiger charge is -2.30. The third kappa shape index (κ3) is 3.71. The molecule has 2 aromatic rings. The SMILES string of the molecule is COc1ccc(C)cc1C(C)NC(=O)N1CCc2ccc(O)cc2C1. The number of carbonyl (C=O) groups excluding carboxylic acids is 1.